The Morgan fingerprint density at radius 2 is 2.19 bits per heavy atom. The van der Waals surface area contributed by atoms with E-state index < -0.39 is 0 Å². The van der Waals surface area contributed by atoms with Gasteiger partial charge in [-0.3, -0.25) is 4.90 Å². The van der Waals surface area contributed by atoms with E-state index in [2.05, 4.69) is 38.8 Å². The second-order valence-corrected chi connectivity index (χ2v) is 7.20. The second kappa shape index (κ2) is 6.66. The number of furan rings is 1. The molecular weight excluding hydrogens is 260 g/mol. The highest BCUT2D eigenvalue weighted by atomic mass is 16.3. The topological polar surface area (TPSA) is 40.2 Å². The fourth-order valence-electron chi connectivity index (χ4n) is 3.57. The van der Waals surface area contributed by atoms with Crippen molar-refractivity contribution in [2.75, 3.05) is 7.05 Å². The molecule has 0 N–H and O–H groups in total. The number of hydrogen-bond acceptors (Lipinski definition) is 3. The van der Waals surface area contributed by atoms with Gasteiger partial charge in [0.1, 0.15) is 0 Å². The zero-order valence-corrected chi connectivity index (χ0v) is 13.8. The van der Waals surface area contributed by atoms with E-state index in [0.29, 0.717) is 17.4 Å². The molecule has 21 heavy (non-hydrogen) atoms. The van der Waals surface area contributed by atoms with Crippen molar-refractivity contribution in [3.05, 3.63) is 24.2 Å². The lowest BCUT2D eigenvalue weighted by Gasteiger charge is -2.44. The van der Waals surface area contributed by atoms with Gasteiger partial charge in [-0.05, 0) is 43.7 Å². The van der Waals surface area contributed by atoms with Crippen LogP contribution in [0.2, 0.25) is 0 Å². The molecule has 0 amide bonds. The Labute approximate surface area is 128 Å². The molecule has 1 heterocycles. The molecule has 1 aliphatic carbocycles. The second-order valence-electron chi connectivity index (χ2n) is 7.20. The van der Waals surface area contributed by atoms with Crippen LogP contribution in [0.5, 0.6) is 0 Å². The summed E-state index contributed by atoms with van der Waals surface area (Å²) in [5, 5.41) is 9.49. The molecule has 0 bridgehead atoms. The maximum atomic E-state index is 9.49. The molecule has 0 spiro atoms. The predicted octanol–water partition coefficient (Wildman–Crippen LogP) is 4.46. The third kappa shape index (κ3) is 3.68. The van der Waals surface area contributed by atoms with Crippen molar-refractivity contribution in [3.8, 4) is 6.07 Å². The van der Waals surface area contributed by atoms with Crippen molar-refractivity contribution in [1.29, 1.82) is 5.26 Å². The molecule has 3 heteroatoms. The van der Waals surface area contributed by atoms with Gasteiger partial charge in [0.2, 0.25) is 0 Å². The van der Waals surface area contributed by atoms with E-state index in [1.807, 2.05) is 6.07 Å². The molecule has 116 valence electrons. The van der Waals surface area contributed by atoms with Gasteiger partial charge in [0, 0.05) is 18.2 Å². The van der Waals surface area contributed by atoms with E-state index >= 15 is 0 Å². The Balaban J connectivity index is 2.08. The number of hydrogen-bond donors (Lipinski definition) is 0. The molecule has 3 atom stereocenters. The largest absolute Gasteiger partial charge is 0.472 e. The van der Waals surface area contributed by atoms with E-state index in [-0.39, 0.29) is 5.92 Å². The van der Waals surface area contributed by atoms with Crippen molar-refractivity contribution >= 4 is 0 Å². The Morgan fingerprint density at radius 1 is 1.43 bits per heavy atom. The van der Waals surface area contributed by atoms with Crippen molar-refractivity contribution in [3.63, 3.8) is 0 Å². The zero-order valence-electron chi connectivity index (χ0n) is 13.8. The van der Waals surface area contributed by atoms with E-state index in [9.17, 15) is 5.26 Å². The van der Waals surface area contributed by atoms with Crippen LogP contribution in [0.25, 0.3) is 0 Å². The van der Waals surface area contributed by atoms with Crippen LogP contribution >= 0.6 is 0 Å². The minimum absolute atomic E-state index is 0.158. The number of rotatable bonds is 5. The lowest BCUT2D eigenvalue weighted by atomic mass is 9.66. The third-order valence-electron chi connectivity index (χ3n) is 5.58. The van der Waals surface area contributed by atoms with Crippen LogP contribution in [0.1, 0.15) is 52.0 Å². The molecule has 1 aromatic heterocycles. The van der Waals surface area contributed by atoms with Crippen LogP contribution in [0.4, 0.5) is 0 Å². The van der Waals surface area contributed by atoms with Crippen LogP contribution in [0.3, 0.4) is 0 Å². The highest BCUT2D eigenvalue weighted by molar-refractivity contribution is 5.07. The van der Waals surface area contributed by atoms with E-state index in [1.54, 1.807) is 12.5 Å². The quantitative estimate of drug-likeness (QED) is 0.803. The summed E-state index contributed by atoms with van der Waals surface area (Å²) < 4.78 is 5.16. The lowest BCUT2D eigenvalue weighted by Crippen LogP contribution is -2.44. The van der Waals surface area contributed by atoms with Gasteiger partial charge < -0.3 is 4.42 Å². The molecule has 0 saturated heterocycles. The molecule has 3 nitrogen and oxygen atoms in total. The first-order valence-electron chi connectivity index (χ1n) is 8.09. The predicted molar refractivity (Wildman–Crippen MR) is 84.5 cm³/mol. The fraction of sp³-hybridized carbons (Fsp3) is 0.722. The van der Waals surface area contributed by atoms with Gasteiger partial charge in [0.15, 0.2) is 0 Å². The molecule has 3 unspecified atom stereocenters. The molecule has 1 aromatic rings. The average Bonchev–Trinajstić information content (AvgIpc) is 2.99. The Kier molecular flexibility index (Phi) is 5.11. The average molecular weight is 288 g/mol. The van der Waals surface area contributed by atoms with Gasteiger partial charge in [-0.15, -0.1) is 0 Å². The smallest absolute Gasteiger partial charge is 0.0947 e. The van der Waals surface area contributed by atoms with Crippen LogP contribution in [-0.4, -0.2) is 18.0 Å². The Morgan fingerprint density at radius 3 is 2.76 bits per heavy atom. The summed E-state index contributed by atoms with van der Waals surface area (Å²) in [7, 11) is 2.14. The van der Waals surface area contributed by atoms with Crippen molar-refractivity contribution < 1.29 is 4.42 Å². The Bertz CT molecular complexity index is 472. The number of nitriles is 1. The first kappa shape index (κ1) is 16.1. The van der Waals surface area contributed by atoms with Crippen LogP contribution in [0, 0.1) is 28.6 Å². The van der Waals surface area contributed by atoms with Gasteiger partial charge in [0.25, 0.3) is 0 Å². The van der Waals surface area contributed by atoms with Crippen molar-refractivity contribution in [1.82, 2.24) is 4.90 Å². The molecule has 1 aliphatic rings. The SMILES string of the molecule is CCC(C)(C)C1CCC(C#N)C(N(C)Cc2ccoc2)C1. The van der Waals surface area contributed by atoms with Crippen LogP contribution in [-0.2, 0) is 6.54 Å². The molecule has 2 rings (SSSR count). The molecule has 0 aromatic carbocycles. The summed E-state index contributed by atoms with van der Waals surface area (Å²) in [6, 6.07) is 4.90. The molecule has 0 radical (unpaired) electrons. The van der Waals surface area contributed by atoms with Gasteiger partial charge in [0.05, 0.1) is 24.5 Å². The number of nitrogens with zero attached hydrogens (tertiary/aromatic N) is 2. The monoisotopic (exact) mass is 288 g/mol. The minimum atomic E-state index is 0.158. The van der Waals surface area contributed by atoms with Crippen LogP contribution in [0.15, 0.2) is 23.0 Å². The maximum Gasteiger partial charge on any atom is 0.0947 e. The summed E-state index contributed by atoms with van der Waals surface area (Å²) >= 11 is 0. The zero-order chi connectivity index (χ0) is 15.5. The van der Waals surface area contributed by atoms with Gasteiger partial charge in [-0.1, -0.05) is 27.2 Å². The van der Waals surface area contributed by atoms with Crippen LogP contribution < -0.4 is 0 Å². The van der Waals surface area contributed by atoms with Gasteiger partial charge >= 0.3 is 0 Å². The minimum Gasteiger partial charge on any atom is -0.472 e. The first-order valence-corrected chi connectivity index (χ1v) is 8.09. The molecule has 1 fully saturated rings. The molecule has 1 saturated carbocycles. The molecule has 0 aliphatic heterocycles. The van der Waals surface area contributed by atoms with Crippen molar-refractivity contribution in [2.45, 2.75) is 59.0 Å². The summed E-state index contributed by atoms with van der Waals surface area (Å²) in [5.41, 5.74) is 1.56. The maximum absolute atomic E-state index is 9.49. The normalized spacial score (nSPS) is 26.8. The highest BCUT2D eigenvalue weighted by Crippen LogP contribution is 2.43. The Hall–Kier alpha value is -1.27. The van der Waals surface area contributed by atoms with Gasteiger partial charge in [-0.2, -0.15) is 5.26 Å². The van der Waals surface area contributed by atoms with Gasteiger partial charge in [-0.25, -0.2) is 0 Å². The summed E-state index contributed by atoms with van der Waals surface area (Å²) in [6.45, 7) is 7.88. The fourth-order valence-corrected chi connectivity index (χ4v) is 3.57. The first-order chi connectivity index (χ1) is 9.97. The van der Waals surface area contributed by atoms with E-state index in [1.165, 1.54) is 18.4 Å². The summed E-state index contributed by atoms with van der Waals surface area (Å²) in [6.07, 6.45) is 8.07. The standard InChI is InChI=1S/C18H28N2O/c1-5-18(2,3)16-7-6-15(11-19)17(10-16)20(4)12-14-8-9-21-13-14/h8-9,13,15-17H,5-7,10,12H2,1-4H3. The molecular formula is C18H28N2O. The van der Waals surface area contributed by atoms with E-state index in [0.717, 1.165) is 19.4 Å². The van der Waals surface area contributed by atoms with Crippen molar-refractivity contribution in [2.24, 2.45) is 17.3 Å². The third-order valence-corrected chi connectivity index (χ3v) is 5.58. The lowest BCUT2D eigenvalue weighted by molar-refractivity contribution is 0.0611. The highest BCUT2D eigenvalue weighted by Gasteiger charge is 2.38. The van der Waals surface area contributed by atoms with E-state index in [4.69, 9.17) is 4.42 Å². The summed E-state index contributed by atoms with van der Waals surface area (Å²) in [5.74, 6) is 0.870. The summed E-state index contributed by atoms with van der Waals surface area (Å²) in [4.78, 5) is 2.34.